The van der Waals surface area contributed by atoms with E-state index >= 15 is 0 Å². The summed E-state index contributed by atoms with van der Waals surface area (Å²) in [5, 5.41) is 10.5. The van der Waals surface area contributed by atoms with Crippen LogP contribution in [0.15, 0.2) is 0 Å². The molecule has 2 atom stereocenters. The Bertz CT molecular complexity index is 473. The van der Waals surface area contributed by atoms with Crippen LogP contribution in [0.2, 0.25) is 0 Å². The van der Waals surface area contributed by atoms with Crippen molar-refractivity contribution in [1.29, 1.82) is 0 Å². The van der Waals surface area contributed by atoms with Crippen molar-refractivity contribution in [2.45, 2.75) is 59.0 Å². The molecule has 0 heterocycles. The Labute approximate surface area is 147 Å². The topological polar surface area (TPSA) is 116 Å². The predicted octanol–water partition coefficient (Wildman–Crippen LogP) is 1.17. The average Bonchev–Trinajstić information content (AvgIpc) is 2.55. The SMILES string of the molecule is CCCOC(=O)CC(O)(CC(=O)OCC(C)C(C)=O)C(=O)OCCC. The molecule has 0 saturated heterocycles. The van der Waals surface area contributed by atoms with Crippen LogP contribution in [-0.4, -0.2) is 54.2 Å². The molecule has 8 heteroatoms. The van der Waals surface area contributed by atoms with E-state index in [1.54, 1.807) is 20.8 Å². The van der Waals surface area contributed by atoms with Crippen molar-refractivity contribution < 1.29 is 38.5 Å². The smallest absolute Gasteiger partial charge is 0.339 e. The highest BCUT2D eigenvalue weighted by Crippen LogP contribution is 2.20. The molecule has 144 valence electrons. The minimum atomic E-state index is -2.36. The van der Waals surface area contributed by atoms with E-state index in [0.717, 1.165) is 0 Å². The molecule has 0 aliphatic carbocycles. The number of aliphatic hydroxyl groups is 1. The third-order valence-electron chi connectivity index (χ3n) is 3.35. The second-order valence-corrected chi connectivity index (χ2v) is 5.94. The van der Waals surface area contributed by atoms with E-state index in [1.807, 2.05) is 0 Å². The summed E-state index contributed by atoms with van der Waals surface area (Å²) < 4.78 is 14.6. The van der Waals surface area contributed by atoms with Gasteiger partial charge in [0.1, 0.15) is 12.4 Å². The van der Waals surface area contributed by atoms with Gasteiger partial charge in [-0.15, -0.1) is 0 Å². The van der Waals surface area contributed by atoms with Crippen molar-refractivity contribution in [3.05, 3.63) is 0 Å². The van der Waals surface area contributed by atoms with Gasteiger partial charge in [0, 0.05) is 5.92 Å². The summed E-state index contributed by atoms with van der Waals surface area (Å²) >= 11 is 0. The number of rotatable bonds is 12. The lowest BCUT2D eigenvalue weighted by atomic mass is 9.95. The van der Waals surface area contributed by atoms with Crippen molar-refractivity contribution in [1.82, 2.24) is 0 Å². The quantitative estimate of drug-likeness (QED) is 0.407. The van der Waals surface area contributed by atoms with Gasteiger partial charge >= 0.3 is 17.9 Å². The maximum atomic E-state index is 12.1. The predicted molar refractivity (Wildman–Crippen MR) is 87.5 cm³/mol. The van der Waals surface area contributed by atoms with E-state index in [4.69, 9.17) is 14.2 Å². The van der Waals surface area contributed by atoms with Gasteiger partial charge in [-0.2, -0.15) is 0 Å². The van der Waals surface area contributed by atoms with E-state index in [1.165, 1.54) is 6.92 Å². The Hall–Kier alpha value is -1.96. The lowest BCUT2D eigenvalue weighted by molar-refractivity contribution is -0.178. The first-order valence-corrected chi connectivity index (χ1v) is 8.37. The van der Waals surface area contributed by atoms with Crippen molar-refractivity contribution >= 4 is 23.7 Å². The highest BCUT2D eigenvalue weighted by Gasteiger charge is 2.43. The maximum absolute atomic E-state index is 12.1. The Kier molecular flexibility index (Phi) is 10.7. The van der Waals surface area contributed by atoms with Crippen LogP contribution in [0.3, 0.4) is 0 Å². The van der Waals surface area contributed by atoms with Crippen LogP contribution in [-0.2, 0) is 33.4 Å². The first-order valence-electron chi connectivity index (χ1n) is 8.37. The van der Waals surface area contributed by atoms with Crippen molar-refractivity contribution in [2.24, 2.45) is 5.92 Å². The number of carbonyl (C=O) groups excluding carboxylic acids is 4. The Morgan fingerprint density at radius 1 is 0.920 bits per heavy atom. The lowest BCUT2D eigenvalue weighted by Crippen LogP contribution is -2.45. The van der Waals surface area contributed by atoms with Gasteiger partial charge in [-0.05, 0) is 19.8 Å². The van der Waals surface area contributed by atoms with Gasteiger partial charge in [0.25, 0.3) is 0 Å². The first kappa shape index (κ1) is 23.0. The van der Waals surface area contributed by atoms with Gasteiger partial charge in [0.05, 0.1) is 26.1 Å². The van der Waals surface area contributed by atoms with Gasteiger partial charge in [0.15, 0.2) is 5.60 Å². The van der Waals surface area contributed by atoms with E-state index < -0.39 is 42.3 Å². The zero-order chi connectivity index (χ0) is 19.5. The van der Waals surface area contributed by atoms with Crippen LogP contribution in [0.4, 0.5) is 0 Å². The van der Waals surface area contributed by atoms with Crippen molar-refractivity contribution in [3.63, 3.8) is 0 Å². The Balaban J connectivity index is 4.92. The largest absolute Gasteiger partial charge is 0.466 e. The highest BCUT2D eigenvalue weighted by molar-refractivity contribution is 5.90. The van der Waals surface area contributed by atoms with Crippen LogP contribution in [0, 0.1) is 5.92 Å². The molecule has 0 radical (unpaired) electrons. The average molecular weight is 360 g/mol. The summed E-state index contributed by atoms with van der Waals surface area (Å²) in [6.45, 7) is 6.51. The van der Waals surface area contributed by atoms with Crippen LogP contribution in [0.1, 0.15) is 53.4 Å². The molecule has 2 unspecified atom stereocenters. The number of ether oxygens (including phenoxy) is 3. The number of Topliss-reactive ketones (excluding diaryl/α,β-unsaturated/α-hetero) is 1. The molecule has 0 aliphatic rings. The molecular weight excluding hydrogens is 332 g/mol. The fourth-order valence-corrected chi connectivity index (χ4v) is 1.67. The molecule has 8 nitrogen and oxygen atoms in total. The fourth-order valence-electron chi connectivity index (χ4n) is 1.67. The molecule has 1 N–H and O–H groups in total. The summed E-state index contributed by atoms with van der Waals surface area (Å²) in [5.74, 6) is -3.47. The number of carbonyl (C=O) groups is 4. The van der Waals surface area contributed by atoms with Crippen LogP contribution in [0.5, 0.6) is 0 Å². The first-order chi connectivity index (χ1) is 11.7. The van der Waals surface area contributed by atoms with Gasteiger partial charge in [-0.25, -0.2) is 4.79 Å². The van der Waals surface area contributed by atoms with Gasteiger partial charge in [-0.1, -0.05) is 20.8 Å². The number of esters is 3. The lowest BCUT2D eigenvalue weighted by Gasteiger charge is -2.24. The minimum absolute atomic E-state index is 0.0432. The summed E-state index contributed by atoms with van der Waals surface area (Å²) in [5.41, 5.74) is -2.36. The van der Waals surface area contributed by atoms with Crippen LogP contribution >= 0.6 is 0 Å². The monoisotopic (exact) mass is 360 g/mol. The fraction of sp³-hybridized carbons (Fsp3) is 0.765. The molecule has 0 rings (SSSR count). The molecular formula is C17H28O8. The molecule has 0 aromatic heterocycles. The van der Waals surface area contributed by atoms with Crippen molar-refractivity contribution in [2.75, 3.05) is 19.8 Å². The minimum Gasteiger partial charge on any atom is -0.466 e. The van der Waals surface area contributed by atoms with E-state index in [2.05, 4.69) is 0 Å². The van der Waals surface area contributed by atoms with Crippen LogP contribution < -0.4 is 0 Å². The molecule has 0 amide bonds. The molecule has 0 aromatic rings. The van der Waals surface area contributed by atoms with Crippen LogP contribution in [0.25, 0.3) is 0 Å². The zero-order valence-corrected chi connectivity index (χ0v) is 15.3. The highest BCUT2D eigenvalue weighted by atomic mass is 16.6. The molecule has 0 saturated carbocycles. The van der Waals surface area contributed by atoms with E-state index in [0.29, 0.717) is 12.8 Å². The third-order valence-corrected chi connectivity index (χ3v) is 3.35. The second kappa shape index (κ2) is 11.6. The van der Waals surface area contributed by atoms with E-state index in [-0.39, 0.29) is 25.6 Å². The normalized spacial score (nSPS) is 14.1. The van der Waals surface area contributed by atoms with Gasteiger partial charge in [-0.3, -0.25) is 14.4 Å². The maximum Gasteiger partial charge on any atom is 0.339 e. The number of hydrogen-bond acceptors (Lipinski definition) is 8. The van der Waals surface area contributed by atoms with Gasteiger partial charge in [0.2, 0.25) is 0 Å². The molecule has 0 spiro atoms. The summed E-state index contributed by atoms with van der Waals surface area (Å²) in [4.78, 5) is 46.9. The number of ketones is 1. The zero-order valence-electron chi connectivity index (χ0n) is 15.3. The molecule has 0 fully saturated rings. The Morgan fingerprint density at radius 2 is 1.40 bits per heavy atom. The van der Waals surface area contributed by atoms with Gasteiger partial charge < -0.3 is 19.3 Å². The Morgan fingerprint density at radius 3 is 1.88 bits per heavy atom. The molecule has 0 aliphatic heterocycles. The molecule has 25 heavy (non-hydrogen) atoms. The van der Waals surface area contributed by atoms with Crippen molar-refractivity contribution in [3.8, 4) is 0 Å². The summed E-state index contributed by atoms with van der Waals surface area (Å²) in [6, 6.07) is 0. The standard InChI is InChI=1S/C17H28O8/c1-5-7-23-14(19)9-17(22,16(21)24-8-6-2)10-15(20)25-11-12(3)13(4)18/h12,22H,5-11H2,1-4H3. The molecule has 0 aromatic carbocycles. The molecule has 0 bridgehead atoms. The van der Waals surface area contributed by atoms with E-state index in [9.17, 15) is 24.3 Å². The number of hydrogen-bond donors (Lipinski definition) is 1. The summed E-state index contributed by atoms with van der Waals surface area (Å²) in [6.07, 6.45) is -0.383. The second-order valence-electron chi connectivity index (χ2n) is 5.94. The summed E-state index contributed by atoms with van der Waals surface area (Å²) in [7, 11) is 0. The third kappa shape index (κ3) is 9.19.